The first kappa shape index (κ1) is 7.70. The summed E-state index contributed by atoms with van der Waals surface area (Å²) in [7, 11) is 0. The lowest BCUT2D eigenvalue weighted by Gasteiger charge is -2.24. The molecular formula is C7H9N3OS. The van der Waals surface area contributed by atoms with E-state index >= 15 is 0 Å². The molecule has 2 heterocycles. The smallest absolute Gasteiger partial charge is 0.242 e. The Hall–Kier alpha value is -0.940. The minimum absolute atomic E-state index is 0.108. The van der Waals surface area contributed by atoms with Gasteiger partial charge in [0.05, 0.1) is 6.54 Å². The molecule has 0 bridgehead atoms. The fourth-order valence-electron chi connectivity index (χ4n) is 1.16. The molecule has 1 N–H and O–H groups in total. The van der Waals surface area contributed by atoms with Crippen LogP contribution in [-0.4, -0.2) is 30.5 Å². The van der Waals surface area contributed by atoms with Crippen molar-refractivity contribution in [3.05, 3.63) is 11.6 Å². The number of carbonyl (C=O) groups is 1. The van der Waals surface area contributed by atoms with Crippen LogP contribution in [0.5, 0.6) is 0 Å². The van der Waals surface area contributed by atoms with E-state index in [1.54, 1.807) is 11.1 Å². The normalized spacial score (nSPS) is 18.3. The SMILES string of the molecule is O=C1CNCCN1c1nccs1. The largest absolute Gasteiger partial charge is 0.307 e. The average Bonchev–Trinajstić information content (AvgIpc) is 2.57. The van der Waals surface area contributed by atoms with Crippen molar-refractivity contribution in [1.82, 2.24) is 10.3 Å². The topological polar surface area (TPSA) is 45.2 Å². The molecule has 1 aromatic rings. The second-order valence-electron chi connectivity index (χ2n) is 2.54. The zero-order valence-electron chi connectivity index (χ0n) is 6.49. The van der Waals surface area contributed by atoms with Crippen LogP contribution in [0, 0.1) is 0 Å². The van der Waals surface area contributed by atoms with Crippen molar-refractivity contribution < 1.29 is 4.79 Å². The summed E-state index contributed by atoms with van der Waals surface area (Å²) in [5, 5.41) is 5.70. The van der Waals surface area contributed by atoms with Crippen LogP contribution in [0.1, 0.15) is 0 Å². The fraction of sp³-hybridized carbons (Fsp3) is 0.429. The summed E-state index contributed by atoms with van der Waals surface area (Å²) >= 11 is 1.50. The molecule has 0 spiro atoms. The summed E-state index contributed by atoms with van der Waals surface area (Å²) in [6.07, 6.45) is 1.72. The van der Waals surface area contributed by atoms with Gasteiger partial charge in [-0.3, -0.25) is 9.69 Å². The number of aromatic nitrogens is 1. The maximum Gasteiger partial charge on any atom is 0.242 e. The highest BCUT2D eigenvalue weighted by Crippen LogP contribution is 2.17. The molecule has 0 aliphatic carbocycles. The Balaban J connectivity index is 2.17. The lowest BCUT2D eigenvalue weighted by molar-refractivity contribution is -0.118. The van der Waals surface area contributed by atoms with Crippen LogP contribution < -0.4 is 10.2 Å². The molecular weight excluding hydrogens is 174 g/mol. The third-order valence-corrected chi connectivity index (χ3v) is 2.53. The van der Waals surface area contributed by atoms with Gasteiger partial charge in [-0.05, 0) is 0 Å². The number of thiazole rings is 1. The highest BCUT2D eigenvalue weighted by atomic mass is 32.1. The summed E-state index contributed by atoms with van der Waals surface area (Å²) < 4.78 is 0. The molecule has 0 aromatic carbocycles. The van der Waals surface area contributed by atoms with Crippen LogP contribution in [-0.2, 0) is 4.79 Å². The van der Waals surface area contributed by atoms with Gasteiger partial charge in [0, 0.05) is 24.7 Å². The first-order valence-corrected chi connectivity index (χ1v) is 4.66. The van der Waals surface area contributed by atoms with Crippen LogP contribution in [0.2, 0.25) is 0 Å². The molecule has 4 nitrogen and oxygen atoms in total. The van der Waals surface area contributed by atoms with E-state index in [4.69, 9.17) is 0 Å². The van der Waals surface area contributed by atoms with Gasteiger partial charge in [-0.25, -0.2) is 4.98 Å². The molecule has 0 unspecified atom stereocenters. The van der Waals surface area contributed by atoms with Crippen molar-refractivity contribution >= 4 is 22.4 Å². The van der Waals surface area contributed by atoms with Gasteiger partial charge in [-0.1, -0.05) is 0 Å². The van der Waals surface area contributed by atoms with E-state index in [0.717, 1.165) is 18.2 Å². The minimum atomic E-state index is 0.108. The van der Waals surface area contributed by atoms with E-state index in [9.17, 15) is 4.79 Å². The summed E-state index contributed by atoms with van der Waals surface area (Å²) in [5.41, 5.74) is 0. The number of piperazine rings is 1. The van der Waals surface area contributed by atoms with E-state index < -0.39 is 0 Å². The molecule has 0 radical (unpaired) electrons. The van der Waals surface area contributed by atoms with Crippen molar-refractivity contribution in [2.45, 2.75) is 0 Å². The number of hydrogen-bond acceptors (Lipinski definition) is 4. The van der Waals surface area contributed by atoms with Crippen LogP contribution in [0.3, 0.4) is 0 Å². The minimum Gasteiger partial charge on any atom is -0.307 e. The number of anilines is 1. The second-order valence-corrected chi connectivity index (χ2v) is 3.41. The number of hydrogen-bond donors (Lipinski definition) is 1. The lowest BCUT2D eigenvalue weighted by atomic mass is 10.4. The summed E-state index contributed by atoms with van der Waals surface area (Å²) in [5.74, 6) is 0.108. The van der Waals surface area contributed by atoms with Crippen molar-refractivity contribution in [2.24, 2.45) is 0 Å². The highest BCUT2D eigenvalue weighted by Gasteiger charge is 2.20. The second kappa shape index (κ2) is 3.20. The monoisotopic (exact) mass is 183 g/mol. The molecule has 0 atom stereocenters. The molecule has 64 valence electrons. The lowest BCUT2D eigenvalue weighted by Crippen LogP contribution is -2.48. The molecule has 0 saturated carbocycles. The summed E-state index contributed by atoms with van der Waals surface area (Å²) in [6.45, 7) is 2.01. The van der Waals surface area contributed by atoms with E-state index in [1.807, 2.05) is 5.38 Å². The Morgan fingerprint density at radius 2 is 2.58 bits per heavy atom. The molecule has 5 heteroatoms. The number of carbonyl (C=O) groups excluding carboxylic acids is 1. The van der Waals surface area contributed by atoms with Crippen LogP contribution in [0.4, 0.5) is 5.13 Å². The predicted molar refractivity (Wildman–Crippen MR) is 47.3 cm³/mol. The van der Waals surface area contributed by atoms with Crippen molar-refractivity contribution in [1.29, 1.82) is 0 Å². The number of rotatable bonds is 1. The van der Waals surface area contributed by atoms with Gasteiger partial charge < -0.3 is 5.32 Å². The maximum atomic E-state index is 11.3. The Kier molecular flexibility index (Phi) is 2.05. The van der Waals surface area contributed by atoms with E-state index in [0.29, 0.717) is 6.54 Å². The molecule has 1 aliphatic heterocycles. The first-order valence-electron chi connectivity index (χ1n) is 3.78. The van der Waals surface area contributed by atoms with Gasteiger partial charge in [0.25, 0.3) is 0 Å². The molecule has 1 fully saturated rings. The fourth-order valence-corrected chi connectivity index (χ4v) is 1.84. The van der Waals surface area contributed by atoms with Gasteiger partial charge in [-0.2, -0.15) is 0 Å². The Bertz CT molecular complexity index is 272. The first-order chi connectivity index (χ1) is 5.88. The Labute approximate surface area is 74.2 Å². The molecule has 2 rings (SSSR count). The maximum absolute atomic E-state index is 11.3. The quantitative estimate of drug-likeness (QED) is 0.670. The van der Waals surface area contributed by atoms with Gasteiger partial charge in [0.1, 0.15) is 0 Å². The van der Waals surface area contributed by atoms with Gasteiger partial charge >= 0.3 is 0 Å². The standard InChI is InChI=1S/C7H9N3OS/c11-6-5-8-1-3-10(6)7-9-2-4-12-7/h2,4,8H,1,3,5H2. The van der Waals surface area contributed by atoms with Gasteiger partial charge in [0.15, 0.2) is 5.13 Å². The molecule has 1 aromatic heterocycles. The van der Waals surface area contributed by atoms with Crippen molar-refractivity contribution in [2.75, 3.05) is 24.5 Å². The molecule has 1 aliphatic rings. The summed E-state index contributed by atoms with van der Waals surface area (Å²) in [6, 6.07) is 0. The summed E-state index contributed by atoms with van der Waals surface area (Å²) in [4.78, 5) is 17.1. The zero-order valence-corrected chi connectivity index (χ0v) is 7.30. The Morgan fingerprint density at radius 1 is 1.67 bits per heavy atom. The zero-order chi connectivity index (χ0) is 8.39. The average molecular weight is 183 g/mol. The number of nitrogens with zero attached hydrogens (tertiary/aromatic N) is 2. The molecule has 12 heavy (non-hydrogen) atoms. The van der Waals surface area contributed by atoms with E-state index in [1.165, 1.54) is 11.3 Å². The van der Waals surface area contributed by atoms with Crippen molar-refractivity contribution in [3.63, 3.8) is 0 Å². The van der Waals surface area contributed by atoms with Crippen molar-refractivity contribution in [3.8, 4) is 0 Å². The third kappa shape index (κ3) is 1.33. The third-order valence-electron chi connectivity index (χ3n) is 1.74. The Morgan fingerprint density at radius 3 is 3.25 bits per heavy atom. The van der Waals surface area contributed by atoms with Crippen LogP contribution >= 0.6 is 11.3 Å². The molecule has 1 saturated heterocycles. The van der Waals surface area contributed by atoms with Gasteiger partial charge in [0.2, 0.25) is 5.91 Å². The van der Waals surface area contributed by atoms with E-state index in [2.05, 4.69) is 10.3 Å². The van der Waals surface area contributed by atoms with E-state index in [-0.39, 0.29) is 5.91 Å². The van der Waals surface area contributed by atoms with Crippen LogP contribution in [0.25, 0.3) is 0 Å². The highest BCUT2D eigenvalue weighted by molar-refractivity contribution is 7.13. The molecule has 1 amide bonds. The van der Waals surface area contributed by atoms with Gasteiger partial charge in [-0.15, -0.1) is 11.3 Å². The van der Waals surface area contributed by atoms with Crippen LogP contribution in [0.15, 0.2) is 11.6 Å². The number of amides is 1. The number of nitrogens with one attached hydrogen (secondary N) is 1. The predicted octanol–water partition coefficient (Wildman–Crippen LogP) is 0.0793.